The van der Waals surface area contributed by atoms with Gasteiger partial charge in [0.25, 0.3) is 0 Å². The lowest BCUT2D eigenvalue weighted by Crippen LogP contribution is -1.79. The van der Waals surface area contributed by atoms with Crippen LogP contribution in [0.5, 0.6) is 5.75 Å². The van der Waals surface area contributed by atoms with Crippen molar-refractivity contribution in [3.05, 3.63) is 35.3 Å². The van der Waals surface area contributed by atoms with E-state index in [-0.39, 0.29) is 11.3 Å². The Hall–Kier alpha value is -2.08. The molecule has 0 saturated heterocycles. The van der Waals surface area contributed by atoms with Crippen LogP contribution in [0.4, 0.5) is 10.8 Å². The van der Waals surface area contributed by atoms with Gasteiger partial charge in [-0.05, 0) is 18.2 Å². The number of phenols is 1. The van der Waals surface area contributed by atoms with E-state index in [2.05, 4.69) is 15.2 Å². The number of aromatic hydroxyl groups is 1. The molecule has 0 atom stereocenters. The molecule has 1 aromatic heterocycles. The van der Waals surface area contributed by atoms with Crippen molar-refractivity contribution in [3.63, 3.8) is 0 Å². The van der Waals surface area contributed by atoms with Crippen molar-refractivity contribution in [2.24, 2.45) is 10.2 Å². The summed E-state index contributed by atoms with van der Waals surface area (Å²) in [6.45, 7) is 0. The Bertz CT molecular complexity index is 523. The van der Waals surface area contributed by atoms with E-state index >= 15 is 0 Å². The first kappa shape index (κ1) is 10.4. The molecule has 6 heteroatoms. The highest BCUT2D eigenvalue weighted by molar-refractivity contribution is 7.13. The van der Waals surface area contributed by atoms with Gasteiger partial charge in [-0.3, -0.25) is 4.79 Å². The number of aromatic nitrogens is 1. The normalized spacial score (nSPS) is 10.8. The molecule has 0 saturated carbocycles. The molecule has 1 aromatic carbocycles. The van der Waals surface area contributed by atoms with Gasteiger partial charge in [0.15, 0.2) is 6.29 Å². The van der Waals surface area contributed by atoms with Gasteiger partial charge in [0.1, 0.15) is 5.75 Å². The first-order valence-corrected chi connectivity index (χ1v) is 5.27. The highest BCUT2D eigenvalue weighted by Crippen LogP contribution is 2.24. The lowest BCUT2D eigenvalue weighted by molar-refractivity contribution is 0.112. The molecule has 0 aliphatic rings. The van der Waals surface area contributed by atoms with E-state index < -0.39 is 0 Å². The zero-order chi connectivity index (χ0) is 11.4. The Labute approximate surface area is 95.1 Å². The molecule has 0 fully saturated rings. The fourth-order valence-electron chi connectivity index (χ4n) is 1.06. The maximum atomic E-state index is 10.6. The van der Waals surface area contributed by atoms with Gasteiger partial charge in [0.2, 0.25) is 5.13 Å². The summed E-state index contributed by atoms with van der Waals surface area (Å²) in [5.41, 5.74) is 0.686. The minimum Gasteiger partial charge on any atom is -0.507 e. The van der Waals surface area contributed by atoms with Gasteiger partial charge in [-0.1, -0.05) is 0 Å². The standard InChI is InChI=1S/C10H7N3O2S/c14-6-7-5-8(1-2-9(7)15)12-13-10-11-3-4-16-10/h1-6,15H. The van der Waals surface area contributed by atoms with Crippen LogP contribution >= 0.6 is 11.3 Å². The van der Waals surface area contributed by atoms with E-state index in [0.717, 1.165) is 0 Å². The molecule has 1 N–H and O–H groups in total. The molecule has 2 aromatic rings. The first-order valence-electron chi connectivity index (χ1n) is 4.39. The van der Waals surface area contributed by atoms with Crippen LogP contribution in [0.2, 0.25) is 0 Å². The Balaban J connectivity index is 2.25. The molecule has 2 rings (SSSR count). The van der Waals surface area contributed by atoms with Crippen LogP contribution in [-0.2, 0) is 0 Å². The Morgan fingerprint density at radius 2 is 2.25 bits per heavy atom. The number of rotatable bonds is 3. The van der Waals surface area contributed by atoms with E-state index in [4.69, 9.17) is 0 Å². The van der Waals surface area contributed by atoms with E-state index in [1.807, 2.05) is 0 Å². The Morgan fingerprint density at radius 1 is 1.38 bits per heavy atom. The van der Waals surface area contributed by atoms with E-state index in [9.17, 15) is 9.90 Å². The number of nitrogens with zero attached hydrogens (tertiary/aromatic N) is 3. The molecule has 0 amide bonds. The number of hydrogen-bond acceptors (Lipinski definition) is 6. The van der Waals surface area contributed by atoms with Gasteiger partial charge in [0.05, 0.1) is 11.3 Å². The lowest BCUT2D eigenvalue weighted by Gasteiger charge is -1.96. The molecule has 0 spiro atoms. The van der Waals surface area contributed by atoms with Crippen LogP contribution < -0.4 is 0 Å². The number of thiazole rings is 1. The summed E-state index contributed by atoms with van der Waals surface area (Å²) in [6.07, 6.45) is 2.20. The van der Waals surface area contributed by atoms with E-state index in [0.29, 0.717) is 17.1 Å². The summed E-state index contributed by atoms with van der Waals surface area (Å²) in [6, 6.07) is 4.43. The fourth-order valence-corrected chi connectivity index (χ4v) is 1.52. The second-order valence-electron chi connectivity index (χ2n) is 2.88. The molecule has 0 unspecified atom stereocenters. The molecule has 1 heterocycles. The molecular formula is C10H7N3O2S. The van der Waals surface area contributed by atoms with Gasteiger partial charge in [-0.2, -0.15) is 0 Å². The van der Waals surface area contributed by atoms with Crippen LogP contribution in [0.3, 0.4) is 0 Å². The number of phenolic OH excluding ortho intramolecular Hbond substituents is 1. The number of aldehydes is 1. The van der Waals surface area contributed by atoms with E-state index in [1.54, 1.807) is 17.6 Å². The average molecular weight is 233 g/mol. The van der Waals surface area contributed by atoms with Crippen LogP contribution in [0, 0.1) is 0 Å². The summed E-state index contributed by atoms with van der Waals surface area (Å²) >= 11 is 1.36. The number of benzene rings is 1. The van der Waals surface area contributed by atoms with Crippen molar-refractivity contribution < 1.29 is 9.90 Å². The predicted molar refractivity (Wildman–Crippen MR) is 59.8 cm³/mol. The molecule has 0 aliphatic carbocycles. The minimum atomic E-state index is -0.0665. The monoisotopic (exact) mass is 233 g/mol. The van der Waals surface area contributed by atoms with Crippen molar-refractivity contribution in [2.75, 3.05) is 0 Å². The third-order valence-electron chi connectivity index (χ3n) is 1.81. The maximum absolute atomic E-state index is 10.6. The van der Waals surface area contributed by atoms with Crippen molar-refractivity contribution >= 4 is 28.4 Å². The summed E-state index contributed by atoms with van der Waals surface area (Å²) in [7, 11) is 0. The van der Waals surface area contributed by atoms with Gasteiger partial charge in [-0.25, -0.2) is 4.98 Å². The smallest absolute Gasteiger partial charge is 0.229 e. The molecule has 0 aliphatic heterocycles. The van der Waals surface area contributed by atoms with Crippen LogP contribution in [-0.4, -0.2) is 16.4 Å². The van der Waals surface area contributed by atoms with Crippen LogP contribution in [0.15, 0.2) is 40.0 Å². The summed E-state index contributed by atoms with van der Waals surface area (Å²) in [5, 5.41) is 19.4. The molecular weight excluding hydrogens is 226 g/mol. The zero-order valence-corrected chi connectivity index (χ0v) is 8.89. The second-order valence-corrected chi connectivity index (χ2v) is 3.75. The largest absolute Gasteiger partial charge is 0.507 e. The molecule has 5 nitrogen and oxygen atoms in total. The van der Waals surface area contributed by atoms with Crippen molar-refractivity contribution in [3.8, 4) is 5.75 Å². The third kappa shape index (κ3) is 2.29. The van der Waals surface area contributed by atoms with Gasteiger partial charge < -0.3 is 5.11 Å². The van der Waals surface area contributed by atoms with Crippen LogP contribution in [0.1, 0.15) is 10.4 Å². The predicted octanol–water partition coefficient (Wildman–Crippen LogP) is 3.08. The van der Waals surface area contributed by atoms with Crippen molar-refractivity contribution in [1.82, 2.24) is 4.98 Å². The quantitative estimate of drug-likeness (QED) is 0.653. The van der Waals surface area contributed by atoms with Gasteiger partial charge >= 0.3 is 0 Å². The second kappa shape index (κ2) is 4.63. The van der Waals surface area contributed by atoms with Crippen LogP contribution in [0.25, 0.3) is 0 Å². The van der Waals surface area contributed by atoms with Crippen molar-refractivity contribution in [2.45, 2.75) is 0 Å². The van der Waals surface area contributed by atoms with Crippen molar-refractivity contribution in [1.29, 1.82) is 0 Å². The molecule has 80 valence electrons. The average Bonchev–Trinajstić information content (AvgIpc) is 2.81. The van der Waals surface area contributed by atoms with Gasteiger partial charge in [0, 0.05) is 11.6 Å². The first-order chi connectivity index (χ1) is 7.79. The topological polar surface area (TPSA) is 74.9 Å². The zero-order valence-electron chi connectivity index (χ0n) is 8.07. The van der Waals surface area contributed by atoms with Gasteiger partial charge in [-0.15, -0.1) is 21.6 Å². The Kier molecular flexibility index (Phi) is 3.02. The number of carbonyl (C=O) groups excluding carboxylic acids is 1. The Morgan fingerprint density at radius 3 is 2.94 bits per heavy atom. The lowest BCUT2D eigenvalue weighted by atomic mass is 10.2. The fraction of sp³-hybridized carbons (Fsp3) is 0. The number of azo groups is 1. The molecule has 0 bridgehead atoms. The van der Waals surface area contributed by atoms with E-state index in [1.165, 1.54) is 23.5 Å². The summed E-state index contributed by atoms with van der Waals surface area (Å²) in [4.78, 5) is 14.5. The molecule has 16 heavy (non-hydrogen) atoms. The minimum absolute atomic E-state index is 0.0665. The highest BCUT2D eigenvalue weighted by atomic mass is 32.1. The maximum Gasteiger partial charge on any atom is 0.229 e. The molecule has 0 radical (unpaired) electrons. The number of hydrogen-bond donors (Lipinski definition) is 1. The summed E-state index contributed by atoms with van der Waals surface area (Å²) < 4.78 is 0. The highest BCUT2D eigenvalue weighted by Gasteiger charge is 2.00. The third-order valence-corrected chi connectivity index (χ3v) is 2.46. The SMILES string of the molecule is O=Cc1cc(N=Nc2nccs2)ccc1O. The summed E-state index contributed by atoms with van der Waals surface area (Å²) in [5.74, 6) is -0.0665. The number of carbonyl (C=O) groups is 1.